The Hall–Kier alpha value is -1.83. The number of amides is 1. The van der Waals surface area contributed by atoms with E-state index in [1.807, 2.05) is 30.9 Å². The predicted molar refractivity (Wildman–Crippen MR) is 81.0 cm³/mol. The summed E-state index contributed by atoms with van der Waals surface area (Å²) in [6, 6.07) is 7.27. The number of aliphatic hydroxyl groups is 1. The highest BCUT2D eigenvalue weighted by atomic mass is 16.5. The fraction of sp³-hybridized carbons (Fsp3) is 0.471. The first-order chi connectivity index (χ1) is 10.0. The third-order valence-corrected chi connectivity index (χ3v) is 3.31. The molecule has 1 saturated heterocycles. The second kappa shape index (κ2) is 6.75. The Labute approximate surface area is 125 Å². The second-order valence-electron chi connectivity index (χ2n) is 5.69. The van der Waals surface area contributed by atoms with Crippen molar-refractivity contribution in [3.8, 4) is 11.8 Å². The number of morpholine rings is 1. The molecule has 0 radical (unpaired) electrons. The molecule has 1 N–H and O–H groups in total. The van der Waals surface area contributed by atoms with Crippen molar-refractivity contribution in [3.63, 3.8) is 0 Å². The highest BCUT2D eigenvalue weighted by molar-refractivity contribution is 5.94. The monoisotopic (exact) mass is 287 g/mol. The largest absolute Gasteiger partial charge is 0.395 e. The molecular formula is C17H21NO3. The average molecular weight is 287 g/mol. The van der Waals surface area contributed by atoms with Gasteiger partial charge in [-0.25, -0.2) is 0 Å². The van der Waals surface area contributed by atoms with Crippen LogP contribution >= 0.6 is 0 Å². The Morgan fingerprint density at radius 1 is 1.38 bits per heavy atom. The van der Waals surface area contributed by atoms with Crippen LogP contribution in [0.25, 0.3) is 0 Å². The maximum Gasteiger partial charge on any atom is 0.254 e. The molecule has 1 aliphatic rings. The molecule has 1 aromatic rings. The molecular weight excluding hydrogens is 266 g/mol. The number of carbonyl (C=O) groups is 1. The molecule has 0 saturated carbocycles. The molecule has 2 rings (SSSR count). The number of nitrogens with zero attached hydrogens (tertiary/aromatic N) is 1. The summed E-state index contributed by atoms with van der Waals surface area (Å²) in [7, 11) is 0. The molecule has 0 bridgehead atoms. The molecule has 21 heavy (non-hydrogen) atoms. The summed E-state index contributed by atoms with van der Waals surface area (Å²) < 4.78 is 5.62. The summed E-state index contributed by atoms with van der Waals surface area (Å²) in [6.45, 7) is 5.85. The van der Waals surface area contributed by atoms with Gasteiger partial charge >= 0.3 is 0 Å². The van der Waals surface area contributed by atoms with Gasteiger partial charge in [-0.2, -0.15) is 0 Å². The lowest BCUT2D eigenvalue weighted by Gasteiger charge is -2.38. The van der Waals surface area contributed by atoms with Gasteiger partial charge in [-0.3, -0.25) is 4.79 Å². The van der Waals surface area contributed by atoms with Crippen LogP contribution in [-0.4, -0.2) is 47.8 Å². The molecule has 1 heterocycles. The fourth-order valence-electron chi connectivity index (χ4n) is 2.29. The molecule has 1 aromatic carbocycles. The molecule has 0 aromatic heterocycles. The minimum Gasteiger partial charge on any atom is -0.395 e. The zero-order valence-electron chi connectivity index (χ0n) is 12.6. The fourth-order valence-corrected chi connectivity index (χ4v) is 2.29. The van der Waals surface area contributed by atoms with E-state index >= 15 is 0 Å². The Morgan fingerprint density at radius 3 is 2.71 bits per heavy atom. The van der Waals surface area contributed by atoms with E-state index in [4.69, 9.17) is 9.84 Å². The molecule has 0 atom stereocenters. The van der Waals surface area contributed by atoms with Crippen molar-refractivity contribution in [2.24, 2.45) is 0 Å². The van der Waals surface area contributed by atoms with E-state index in [-0.39, 0.29) is 18.1 Å². The lowest BCUT2D eigenvalue weighted by molar-refractivity contribution is -0.0764. The lowest BCUT2D eigenvalue weighted by Crippen LogP contribution is -2.50. The maximum absolute atomic E-state index is 12.5. The maximum atomic E-state index is 12.5. The molecule has 0 aliphatic carbocycles. The predicted octanol–water partition coefficient (Wildman–Crippen LogP) is 1.67. The van der Waals surface area contributed by atoms with Crippen LogP contribution in [0.5, 0.6) is 0 Å². The molecule has 4 nitrogen and oxygen atoms in total. The van der Waals surface area contributed by atoms with Crippen molar-refractivity contribution in [1.82, 2.24) is 4.90 Å². The Bertz CT molecular complexity index is 552. The van der Waals surface area contributed by atoms with Crippen molar-refractivity contribution in [2.75, 3.05) is 26.3 Å². The van der Waals surface area contributed by atoms with Crippen LogP contribution in [0.4, 0.5) is 0 Å². The van der Waals surface area contributed by atoms with Crippen molar-refractivity contribution in [1.29, 1.82) is 0 Å². The van der Waals surface area contributed by atoms with Gasteiger partial charge < -0.3 is 14.7 Å². The second-order valence-corrected chi connectivity index (χ2v) is 5.69. The molecule has 1 aliphatic heterocycles. The zero-order chi connectivity index (χ0) is 15.3. The van der Waals surface area contributed by atoms with E-state index < -0.39 is 0 Å². The van der Waals surface area contributed by atoms with E-state index in [1.54, 1.807) is 12.1 Å². The smallest absolute Gasteiger partial charge is 0.254 e. The first-order valence-electron chi connectivity index (χ1n) is 7.15. The molecule has 4 heteroatoms. The minimum atomic E-state index is -0.288. The van der Waals surface area contributed by atoms with Crippen molar-refractivity contribution < 1.29 is 14.6 Å². The number of aliphatic hydroxyl groups excluding tert-OH is 1. The average Bonchev–Trinajstić information content (AvgIpc) is 2.46. The summed E-state index contributed by atoms with van der Waals surface area (Å²) in [6.07, 6.45) is 0.462. The standard InChI is InChI=1S/C17H21NO3/c1-17(2)13-18(10-12-21-17)16(20)15-8-6-14(7-9-15)5-3-4-11-19/h6-9,19H,4,10-13H2,1-2H3. The van der Waals surface area contributed by atoms with Crippen LogP contribution in [0.3, 0.4) is 0 Å². The first kappa shape index (κ1) is 15.6. The summed E-state index contributed by atoms with van der Waals surface area (Å²) in [5.74, 6) is 5.84. The first-order valence-corrected chi connectivity index (χ1v) is 7.15. The summed E-state index contributed by atoms with van der Waals surface area (Å²) in [5.41, 5.74) is 1.23. The van der Waals surface area contributed by atoms with Crippen molar-refractivity contribution in [3.05, 3.63) is 35.4 Å². The van der Waals surface area contributed by atoms with Crippen LogP contribution in [-0.2, 0) is 4.74 Å². The number of hydrogen-bond donors (Lipinski definition) is 1. The number of benzene rings is 1. The number of carbonyl (C=O) groups excluding carboxylic acids is 1. The summed E-state index contributed by atoms with van der Waals surface area (Å²) >= 11 is 0. The van der Waals surface area contributed by atoms with Gasteiger partial charge in [-0.1, -0.05) is 11.8 Å². The number of hydrogen-bond acceptors (Lipinski definition) is 3. The zero-order valence-corrected chi connectivity index (χ0v) is 12.6. The van der Waals surface area contributed by atoms with E-state index in [0.29, 0.717) is 31.7 Å². The van der Waals surface area contributed by atoms with E-state index in [2.05, 4.69) is 11.8 Å². The van der Waals surface area contributed by atoms with Crippen LogP contribution < -0.4 is 0 Å². The van der Waals surface area contributed by atoms with Crippen LogP contribution in [0.2, 0.25) is 0 Å². The molecule has 0 spiro atoms. The minimum absolute atomic E-state index is 0.0289. The van der Waals surface area contributed by atoms with Gasteiger partial charge in [0.05, 0.1) is 18.8 Å². The van der Waals surface area contributed by atoms with Crippen LogP contribution in [0.1, 0.15) is 36.2 Å². The topological polar surface area (TPSA) is 49.8 Å². The van der Waals surface area contributed by atoms with Gasteiger partial charge in [0.15, 0.2) is 0 Å². The third kappa shape index (κ3) is 4.32. The van der Waals surface area contributed by atoms with Gasteiger partial charge in [0.2, 0.25) is 0 Å². The van der Waals surface area contributed by atoms with Gasteiger partial charge in [-0.15, -0.1) is 0 Å². The number of ether oxygens (including phenoxy) is 1. The van der Waals surface area contributed by atoms with Crippen molar-refractivity contribution in [2.45, 2.75) is 25.9 Å². The van der Waals surface area contributed by atoms with Gasteiger partial charge in [0, 0.05) is 30.6 Å². The van der Waals surface area contributed by atoms with Gasteiger partial charge in [0.25, 0.3) is 5.91 Å². The van der Waals surface area contributed by atoms with Crippen LogP contribution in [0.15, 0.2) is 24.3 Å². The highest BCUT2D eigenvalue weighted by Crippen LogP contribution is 2.18. The highest BCUT2D eigenvalue weighted by Gasteiger charge is 2.30. The van der Waals surface area contributed by atoms with Crippen LogP contribution in [0, 0.1) is 11.8 Å². The molecule has 1 amide bonds. The van der Waals surface area contributed by atoms with Gasteiger partial charge in [0.1, 0.15) is 0 Å². The third-order valence-electron chi connectivity index (χ3n) is 3.31. The Balaban J connectivity index is 2.05. The summed E-state index contributed by atoms with van der Waals surface area (Å²) in [4.78, 5) is 14.3. The number of rotatable bonds is 2. The molecule has 0 unspecified atom stereocenters. The van der Waals surface area contributed by atoms with Gasteiger partial charge in [-0.05, 0) is 38.1 Å². The normalized spacial score (nSPS) is 17.0. The summed E-state index contributed by atoms with van der Waals surface area (Å²) in [5, 5.41) is 8.68. The lowest BCUT2D eigenvalue weighted by atomic mass is 10.1. The molecule has 1 fully saturated rings. The Kier molecular flexibility index (Phi) is 5.00. The SMILES string of the molecule is CC1(C)CN(C(=O)c2ccc(C#CCCO)cc2)CCO1. The van der Waals surface area contributed by atoms with Crippen molar-refractivity contribution >= 4 is 5.91 Å². The Morgan fingerprint density at radius 2 is 2.10 bits per heavy atom. The van der Waals surface area contributed by atoms with E-state index in [0.717, 1.165) is 5.56 Å². The quantitative estimate of drug-likeness (QED) is 0.842. The molecule has 112 valence electrons. The van der Waals surface area contributed by atoms with E-state index in [9.17, 15) is 4.79 Å². The van der Waals surface area contributed by atoms with E-state index in [1.165, 1.54) is 0 Å².